The summed E-state index contributed by atoms with van der Waals surface area (Å²) >= 11 is 0. The average Bonchev–Trinajstić information content (AvgIpc) is 3.00. The highest BCUT2D eigenvalue weighted by Gasteiger charge is 2.46. The largest absolute Gasteiger partial charge is 0.378 e. The van der Waals surface area contributed by atoms with Gasteiger partial charge in [-0.05, 0) is 26.2 Å². The molecule has 3 atom stereocenters. The maximum absolute atomic E-state index is 12.4. The van der Waals surface area contributed by atoms with Crippen molar-refractivity contribution in [1.29, 1.82) is 0 Å². The minimum atomic E-state index is 0.0921. The first-order valence-electron chi connectivity index (χ1n) is 7.04. The van der Waals surface area contributed by atoms with Gasteiger partial charge in [-0.1, -0.05) is 0 Å². The summed E-state index contributed by atoms with van der Waals surface area (Å²) in [5, 5.41) is 4.18. The fourth-order valence-corrected chi connectivity index (χ4v) is 2.84. The van der Waals surface area contributed by atoms with E-state index in [0.717, 1.165) is 32.4 Å². The van der Waals surface area contributed by atoms with E-state index in [0.29, 0.717) is 6.61 Å². The molecule has 6 heteroatoms. The van der Waals surface area contributed by atoms with Crippen molar-refractivity contribution in [2.45, 2.75) is 38.3 Å². The molecule has 2 fully saturated rings. The average molecular weight is 264 g/mol. The van der Waals surface area contributed by atoms with Crippen LogP contribution in [-0.4, -0.2) is 51.4 Å². The molecule has 1 amide bonds. The van der Waals surface area contributed by atoms with E-state index in [1.54, 1.807) is 12.7 Å². The van der Waals surface area contributed by atoms with E-state index >= 15 is 0 Å². The molecule has 19 heavy (non-hydrogen) atoms. The van der Waals surface area contributed by atoms with Gasteiger partial charge >= 0.3 is 0 Å². The molecule has 6 nitrogen and oxygen atoms in total. The highest BCUT2D eigenvalue weighted by atomic mass is 16.5. The van der Waals surface area contributed by atoms with Crippen LogP contribution in [0.3, 0.4) is 0 Å². The fourth-order valence-electron chi connectivity index (χ4n) is 2.84. The second-order valence-electron chi connectivity index (χ2n) is 5.29. The lowest BCUT2D eigenvalue weighted by Crippen LogP contribution is -2.42. The number of nitrogens with zero attached hydrogens (tertiary/aromatic N) is 4. The summed E-state index contributed by atoms with van der Waals surface area (Å²) in [6.45, 7) is 4.27. The van der Waals surface area contributed by atoms with Gasteiger partial charge in [-0.15, -0.1) is 0 Å². The van der Waals surface area contributed by atoms with Crippen LogP contribution in [0.25, 0.3) is 0 Å². The zero-order valence-corrected chi connectivity index (χ0v) is 11.2. The third-order valence-electron chi connectivity index (χ3n) is 3.95. The van der Waals surface area contributed by atoms with Gasteiger partial charge in [0.25, 0.3) is 0 Å². The number of piperidine rings is 1. The summed E-state index contributed by atoms with van der Waals surface area (Å²) in [4.78, 5) is 18.3. The highest BCUT2D eigenvalue weighted by Crippen LogP contribution is 2.36. The molecule has 0 bridgehead atoms. The molecule has 0 spiro atoms. The minimum absolute atomic E-state index is 0.0921. The van der Waals surface area contributed by atoms with Gasteiger partial charge < -0.3 is 9.64 Å². The van der Waals surface area contributed by atoms with Crippen LogP contribution < -0.4 is 0 Å². The Morgan fingerprint density at radius 2 is 2.42 bits per heavy atom. The number of hydrogen-bond acceptors (Lipinski definition) is 4. The summed E-state index contributed by atoms with van der Waals surface area (Å²) in [7, 11) is 0. The number of carbonyl (C=O) groups excluding carboxylic acids is 1. The minimum Gasteiger partial charge on any atom is -0.378 e. The molecule has 1 aromatic rings. The predicted molar refractivity (Wildman–Crippen MR) is 68.4 cm³/mol. The molecule has 0 aromatic carbocycles. The van der Waals surface area contributed by atoms with Crippen LogP contribution in [0.4, 0.5) is 0 Å². The molecular formula is C13H20N4O2. The number of carbonyl (C=O) groups is 1. The van der Waals surface area contributed by atoms with Crippen molar-refractivity contribution in [3.05, 3.63) is 12.7 Å². The maximum Gasteiger partial charge on any atom is 0.228 e. The van der Waals surface area contributed by atoms with Crippen LogP contribution in [0, 0.1) is 5.92 Å². The molecule has 1 saturated carbocycles. The zero-order chi connectivity index (χ0) is 13.2. The smallest absolute Gasteiger partial charge is 0.228 e. The Morgan fingerprint density at radius 1 is 1.53 bits per heavy atom. The van der Waals surface area contributed by atoms with Crippen LogP contribution in [0.2, 0.25) is 0 Å². The Labute approximate surface area is 112 Å². The summed E-state index contributed by atoms with van der Waals surface area (Å²) < 4.78 is 7.37. The molecule has 2 heterocycles. The van der Waals surface area contributed by atoms with Gasteiger partial charge in [-0.3, -0.25) is 4.79 Å². The second-order valence-corrected chi connectivity index (χ2v) is 5.29. The summed E-state index contributed by atoms with van der Waals surface area (Å²) in [6, 6.07) is 0.268. The van der Waals surface area contributed by atoms with Crippen LogP contribution in [-0.2, 0) is 9.53 Å². The summed E-state index contributed by atoms with van der Waals surface area (Å²) in [6.07, 6.45) is 6.42. The Kier molecular flexibility index (Phi) is 3.50. The van der Waals surface area contributed by atoms with E-state index in [4.69, 9.17) is 4.74 Å². The highest BCUT2D eigenvalue weighted by molar-refractivity contribution is 5.82. The number of likely N-dealkylation sites (tertiary alicyclic amines) is 1. The molecule has 1 saturated heterocycles. The molecule has 0 radical (unpaired) electrons. The van der Waals surface area contributed by atoms with E-state index in [2.05, 4.69) is 10.1 Å². The van der Waals surface area contributed by atoms with Gasteiger partial charge in [0, 0.05) is 19.7 Å². The first-order valence-corrected chi connectivity index (χ1v) is 7.04. The molecule has 2 aliphatic rings. The molecule has 1 aromatic heterocycles. The Morgan fingerprint density at radius 3 is 3.16 bits per heavy atom. The third-order valence-corrected chi connectivity index (χ3v) is 3.95. The van der Waals surface area contributed by atoms with Crippen LogP contribution in [0.1, 0.15) is 32.2 Å². The van der Waals surface area contributed by atoms with Crippen LogP contribution >= 0.6 is 0 Å². The van der Waals surface area contributed by atoms with E-state index < -0.39 is 0 Å². The molecule has 0 unspecified atom stereocenters. The SMILES string of the molecule is CCO[C@@H]1C[C@@H]1C(=O)N1CCC[C@H](n2cncn2)C1. The van der Waals surface area contributed by atoms with Gasteiger partial charge in [0.2, 0.25) is 5.91 Å². The maximum atomic E-state index is 12.4. The standard InChI is InChI=1S/C13H20N4O2/c1-2-19-12-6-11(12)13(18)16-5-3-4-10(7-16)17-9-14-8-15-17/h8-12H,2-7H2,1H3/t10-,11-,12+/m0/s1. The number of amides is 1. The number of hydrogen-bond donors (Lipinski definition) is 0. The van der Waals surface area contributed by atoms with Crippen molar-refractivity contribution in [3.8, 4) is 0 Å². The van der Waals surface area contributed by atoms with Gasteiger partial charge in [-0.2, -0.15) is 5.10 Å². The topological polar surface area (TPSA) is 60.2 Å². The van der Waals surface area contributed by atoms with Crippen LogP contribution in [0.15, 0.2) is 12.7 Å². The Balaban J connectivity index is 1.58. The van der Waals surface area contributed by atoms with Crippen molar-refractivity contribution in [1.82, 2.24) is 19.7 Å². The van der Waals surface area contributed by atoms with Gasteiger partial charge in [0.15, 0.2) is 0 Å². The normalized spacial score (nSPS) is 30.4. The zero-order valence-electron chi connectivity index (χ0n) is 11.2. The Bertz CT molecular complexity index is 434. The first kappa shape index (κ1) is 12.6. The molecular weight excluding hydrogens is 244 g/mol. The number of rotatable bonds is 4. The molecule has 3 rings (SSSR count). The molecule has 104 valence electrons. The monoisotopic (exact) mass is 264 g/mol. The summed E-state index contributed by atoms with van der Waals surface area (Å²) in [5.74, 6) is 0.345. The lowest BCUT2D eigenvalue weighted by molar-refractivity contribution is -0.135. The van der Waals surface area contributed by atoms with Crippen molar-refractivity contribution >= 4 is 5.91 Å². The van der Waals surface area contributed by atoms with E-state index in [1.165, 1.54) is 0 Å². The summed E-state index contributed by atoms with van der Waals surface area (Å²) in [5.41, 5.74) is 0. The van der Waals surface area contributed by atoms with E-state index in [-0.39, 0.29) is 24.0 Å². The second kappa shape index (κ2) is 5.28. The number of ether oxygens (including phenoxy) is 1. The van der Waals surface area contributed by atoms with Crippen molar-refractivity contribution in [3.63, 3.8) is 0 Å². The predicted octanol–water partition coefficient (Wildman–Crippen LogP) is 0.867. The van der Waals surface area contributed by atoms with Gasteiger partial charge in [-0.25, -0.2) is 9.67 Å². The van der Waals surface area contributed by atoms with Crippen LogP contribution in [0.5, 0.6) is 0 Å². The molecule has 1 aliphatic heterocycles. The number of aromatic nitrogens is 3. The quantitative estimate of drug-likeness (QED) is 0.809. The Hall–Kier alpha value is -1.43. The van der Waals surface area contributed by atoms with Crippen molar-refractivity contribution < 1.29 is 9.53 Å². The third kappa shape index (κ3) is 2.63. The fraction of sp³-hybridized carbons (Fsp3) is 0.769. The van der Waals surface area contributed by atoms with Gasteiger partial charge in [0.05, 0.1) is 18.1 Å². The molecule has 1 aliphatic carbocycles. The lowest BCUT2D eigenvalue weighted by Gasteiger charge is -2.32. The van der Waals surface area contributed by atoms with Crippen molar-refractivity contribution in [2.75, 3.05) is 19.7 Å². The van der Waals surface area contributed by atoms with E-state index in [1.807, 2.05) is 16.5 Å². The van der Waals surface area contributed by atoms with E-state index in [9.17, 15) is 4.79 Å². The van der Waals surface area contributed by atoms with Gasteiger partial charge in [0.1, 0.15) is 12.7 Å². The lowest BCUT2D eigenvalue weighted by atomic mass is 10.1. The van der Waals surface area contributed by atoms with Crippen molar-refractivity contribution in [2.24, 2.45) is 5.92 Å². The first-order chi connectivity index (χ1) is 9.29. The molecule has 0 N–H and O–H groups in total.